The lowest BCUT2D eigenvalue weighted by Crippen LogP contribution is -2.19. The number of amides is 2. The van der Waals surface area contributed by atoms with Crippen molar-refractivity contribution in [2.24, 2.45) is 5.10 Å². The van der Waals surface area contributed by atoms with E-state index >= 15 is 0 Å². The average Bonchev–Trinajstić information content (AvgIpc) is 2.81. The van der Waals surface area contributed by atoms with Gasteiger partial charge in [-0.05, 0) is 67.4 Å². The van der Waals surface area contributed by atoms with E-state index < -0.39 is 0 Å². The highest BCUT2D eigenvalue weighted by Gasteiger charge is 2.11. The Kier molecular flexibility index (Phi) is 9.81. The summed E-state index contributed by atoms with van der Waals surface area (Å²) in [5, 5.41) is 8.58. The van der Waals surface area contributed by atoms with Gasteiger partial charge in [-0.15, -0.1) is 0 Å². The Morgan fingerprint density at radius 3 is 2.20 bits per heavy atom. The number of hydrazone groups is 1. The maximum absolute atomic E-state index is 12.4. The summed E-state index contributed by atoms with van der Waals surface area (Å²) in [5.41, 5.74) is 4.84. The Morgan fingerprint density at radius 2 is 1.54 bits per heavy atom. The van der Waals surface area contributed by atoms with E-state index in [0.717, 1.165) is 5.56 Å². The molecule has 2 amide bonds. The van der Waals surface area contributed by atoms with Crippen molar-refractivity contribution in [1.82, 2.24) is 5.43 Å². The van der Waals surface area contributed by atoms with Gasteiger partial charge >= 0.3 is 0 Å². The quantitative estimate of drug-likeness (QED) is 0.167. The maximum atomic E-state index is 12.4. The molecule has 0 bridgehead atoms. The van der Waals surface area contributed by atoms with Crippen molar-refractivity contribution in [3.05, 3.63) is 91.9 Å². The third kappa shape index (κ3) is 8.15. The van der Waals surface area contributed by atoms with Gasteiger partial charge in [0.2, 0.25) is 5.91 Å². The smallest absolute Gasteiger partial charge is 0.257 e. The van der Waals surface area contributed by atoms with E-state index in [0.29, 0.717) is 50.8 Å². The molecule has 0 aliphatic rings. The van der Waals surface area contributed by atoms with E-state index in [1.54, 1.807) is 61.5 Å². The molecule has 0 unspecified atom stereocenters. The predicted molar refractivity (Wildman–Crippen MR) is 142 cm³/mol. The zero-order valence-electron chi connectivity index (χ0n) is 18.6. The van der Waals surface area contributed by atoms with Gasteiger partial charge in [-0.2, -0.15) is 5.10 Å². The summed E-state index contributed by atoms with van der Waals surface area (Å²) in [4.78, 5) is 24.5. The van der Waals surface area contributed by atoms with Gasteiger partial charge in [-0.3, -0.25) is 9.59 Å². The van der Waals surface area contributed by atoms with Gasteiger partial charge in [0.15, 0.2) is 0 Å². The number of carbonyl (C=O) groups excluding carboxylic acids is 2. The van der Waals surface area contributed by atoms with Gasteiger partial charge < -0.3 is 10.1 Å². The van der Waals surface area contributed by atoms with E-state index in [-0.39, 0.29) is 23.3 Å². The van der Waals surface area contributed by atoms with Crippen molar-refractivity contribution >= 4 is 69.6 Å². The predicted octanol–water partition coefficient (Wildman–Crippen LogP) is 7.25. The van der Waals surface area contributed by atoms with Crippen LogP contribution in [-0.4, -0.2) is 24.1 Å². The van der Waals surface area contributed by atoms with Gasteiger partial charge in [-0.25, -0.2) is 5.43 Å². The first-order chi connectivity index (χ1) is 16.7. The molecule has 0 aliphatic carbocycles. The lowest BCUT2D eigenvalue weighted by Gasteiger charge is -2.09. The van der Waals surface area contributed by atoms with Gasteiger partial charge in [0.25, 0.3) is 5.91 Å². The van der Waals surface area contributed by atoms with Gasteiger partial charge in [0, 0.05) is 22.2 Å². The molecule has 0 atom stereocenters. The molecule has 0 heterocycles. The molecule has 0 radical (unpaired) electrons. The van der Waals surface area contributed by atoms with Gasteiger partial charge in [0.1, 0.15) is 5.75 Å². The topological polar surface area (TPSA) is 79.8 Å². The number of nitrogens with zero attached hydrogens (tertiary/aromatic N) is 1. The van der Waals surface area contributed by atoms with E-state index in [2.05, 4.69) is 15.8 Å². The Balaban J connectivity index is 1.45. The monoisotopic (exact) mass is 551 g/mol. The maximum Gasteiger partial charge on any atom is 0.257 e. The number of anilines is 1. The van der Waals surface area contributed by atoms with Crippen LogP contribution in [0.1, 0.15) is 35.7 Å². The fraction of sp³-hybridized carbons (Fsp3) is 0.160. The van der Waals surface area contributed by atoms with Crippen LogP contribution in [0.3, 0.4) is 0 Å². The zero-order valence-corrected chi connectivity index (χ0v) is 21.6. The third-order valence-corrected chi connectivity index (χ3v) is 5.86. The van der Waals surface area contributed by atoms with Crippen molar-refractivity contribution in [2.75, 3.05) is 11.9 Å². The molecule has 35 heavy (non-hydrogen) atoms. The highest BCUT2D eigenvalue weighted by molar-refractivity contribution is 6.37. The summed E-state index contributed by atoms with van der Waals surface area (Å²) in [6, 6.07) is 16.7. The number of halogens is 4. The summed E-state index contributed by atoms with van der Waals surface area (Å²) in [7, 11) is 0. The minimum Gasteiger partial charge on any atom is -0.492 e. The molecule has 182 valence electrons. The number of rotatable bonds is 9. The number of nitrogens with one attached hydrogen (secondary N) is 2. The normalized spacial score (nSPS) is 11.2. The Hall–Kier alpha value is -2.77. The number of ether oxygens (including phenoxy) is 1. The second-order valence-corrected chi connectivity index (χ2v) is 9.10. The summed E-state index contributed by atoms with van der Waals surface area (Å²) >= 11 is 23.9. The SMILES string of the molecule is C/C(=N/NC(=O)CCCOc1ccc(Cl)cc1Cl)c1ccc(NC(=O)c2ccc(Cl)cc2Cl)cc1. The van der Waals surface area contributed by atoms with Crippen LogP contribution in [0, 0.1) is 0 Å². The number of hydrogen-bond acceptors (Lipinski definition) is 4. The molecule has 0 aliphatic heterocycles. The second-order valence-electron chi connectivity index (χ2n) is 7.41. The second kappa shape index (κ2) is 12.8. The number of benzene rings is 3. The van der Waals surface area contributed by atoms with Crippen molar-refractivity contribution < 1.29 is 14.3 Å². The van der Waals surface area contributed by atoms with Crippen LogP contribution in [0.15, 0.2) is 65.8 Å². The van der Waals surface area contributed by atoms with E-state index in [9.17, 15) is 9.59 Å². The van der Waals surface area contributed by atoms with Crippen molar-refractivity contribution in [3.8, 4) is 5.75 Å². The van der Waals surface area contributed by atoms with E-state index in [4.69, 9.17) is 51.1 Å². The first-order valence-corrected chi connectivity index (χ1v) is 12.0. The standard InChI is InChI=1S/C25H21Cl4N3O3/c1-15(31-32-24(33)3-2-12-35-23-11-7-18(27)14-22(23)29)16-4-8-19(9-5-16)30-25(34)20-10-6-17(26)13-21(20)28/h4-11,13-14H,2-3,12H2,1H3,(H,30,34)(H,32,33)/b31-15-. The number of hydrogen-bond donors (Lipinski definition) is 2. The van der Waals surface area contributed by atoms with Crippen LogP contribution < -0.4 is 15.5 Å². The molecule has 2 N–H and O–H groups in total. The Morgan fingerprint density at radius 1 is 0.886 bits per heavy atom. The molecule has 0 saturated carbocycles. The molecule has 10 heteroatoms. The first-order valence-electron chi connectivity index (χ1n) is 10.5. The van der Waals surface area contributed by atoms with Crippen molar-refractivity contribution in [2.45, 2.75) is 19.8 Å². The zero-order chi connectivity index (χ0) is 25.4. The molecule has 0 saturated heterocycles. The highest BCUT2D eigenvalue weighted by atomic mass is 35.5. The van der Waals surface area contributed by atoms with Gasteiger partial charge in [-0.1, -0.05) is 58.5 Å². The molecule has 3 aromatic rings. The van der Waals surface area contributed by atoms with Crippen LogP contribution in [0.4, 0.5) is 5.69 Å². The minimum absolute atomic E-state index is 0.236. The minimum atomic E-state index is -0.348. The van der Waals surface area contributed by atoms with Crippen molar-refractivity contribution in [1.29, 1.82) is 0 Å². The molecule has 0 aromatic heterocycles. The molecular weight excluding hydrogens is 532 g/mol. The Labute approximate surface area is 223 Å². The number of carbonyl (C=O) groups is 2. The molecule has 3 rings (SSSR count). The van der Waals surface area contributed by atoms with E-state index in [1.807, 2.05) is 0 Å². The third-order valence-electron chi connectivity index (χ3n) is 4.78. The van der Waals surface area contributed by atoms with Gasteiger partial charge in [0.05, 0.1) is 27.9 Å². The van der Waals surface area contributed by atoms with Crippen molar-refractivity contribution in [3.63, 3.8) is 0 Å². The first kappa shape index (κ1) is 26.8. The molecule has 0 spiro atoms. The van der Waals surface area contributed by atoms with Crippen LogP contribution >= 0.6 is 46.4 Å². The highest BCUT2D eigenvalue weighted by Crippen LogP contribution is 2.27. The van der Waals surface area contributed by atoms with Crippen LogP contribution in [0.2, 0.25) is 20.1 Å². The largest absolute Gasteiger partial charge is 0.492 e. The summed E-state index contributed by atoms with van der Waals surface area (Å²) in [5.74, 6) is -0.0699. The average molecular weight is 553 g/mol. The summed E-state index contributed by atoms with van der Waals surface area (Å²) < 4.78 is 5.57. The lowest BCUT2D eigenvalue weighted by molar-refractivity contribution is -0.121. The Bertz CT molecular complexity index is 1250. The summed E-state index contributed by atoms with van der Waals surface area (Å²) in [6.07, 6.45) is 0.728. The fourth-order valence-corrected chi connectivity index (χ4v) is 3.90. The van der Waals surface area contributed by atoms with E-state index in [1.165, 1.54) is 6.07 Å². The molecule has 0 fully saturated rings. The molecule has 6 nitrogen and oxygen atoms in total. The summed E-state index contributed by atoms with van der Waals surface area (Å²) in [6.45, 7) is 2.10. The lowest BCUT2D eigenvalue weighted by atomic mass is 10.1. The molecular formula is C25H21Cl4N3O3. The van der Waals surface area contributed by atoms with Crippen LogP contribution in [-0.2, 0) is 4.79 Å². The van der Waals surface area contributed by atoms with Crippen LogP contribution in [0.25, 0.3) is 0 Å². The fourth-order valence-electron chi connectivity index (χ4n) is 2.94. The van der Waals surface area contributed by atoms with Crippen LogP contribution in [0.5, 0.6) is 5.75 Å². The molecule has 3 aromatic carbocycles.